The molecule has 0 aliphatic carbocycles. The van der Waals surface area contributed by atoms with Gasteiger partial charge in [-0.15, -0.1) is 0 Å². The van der Waals surface area contributed by atoms with Crippen molar-refractivity contribution in [3.05, 3.63) is 58.5 Å². The Morgan fingerprint density at radius 3 is 2.76 bits per heavy atom. The summed E-state index contributed by atoms with van der Waals surface area (Å²) in [5, 5.41) is 3.98. The molecule has 0 bridgehead atoms. The number of amides is 1. The van der Waals surface area contributed by atoms with Crippen LogP contribution in [-0.2, 0) is 11.3 Å². The van der Waals surface area contributed by atoms with Gasteiger partial charge in [0.05, 0.1) is 7.11 Å². The van der Waals surface area contributed by atoms with Crippen LogP contribution < -0.4 is 10.3 Å². The van der Waals surface area contributed by atoms with Gasteiger partial charge < -0.3 is 9.64 Å². The minimum atomic E-state index is -0.252. The molecule has 1 amide bonds. The summed E-state index contributed by atoms with van der Waals surface area (Å²) in [6.07, 6.45) is 4.65. The van der Waals surface area contributed by atoms with E-state index in [4.69, 9.17) is 4.74 Å². The lowest BCUT2D eigenvalue weighted by Gasteiger charge is -2.25. The van der Waals surface area contributed by atoms with Crippen LogP contribution >= 0.6 is 0 Å². The fourth-order valence-corrected chi connectivity index (χ4v) is 3.25. The van der Waals surface area contributed by atoms with Gasteiger partial charge in [0, 0.05) is 31.3 Å². The van der Waals surface area contributed by atoms with Crippen LogP contribution in [0.3, 0.4) is 0 Å². The molecule has 0 spiro atoms. The first kappa shape index (κ1) is 17.2. The zero-order chi connectivity index (χ0) is 17.6. The highest BCUT2D eigenvalue weighted by molar-refractivity contribution is 5.76. The summed E-state index contributed by atoms with van der Waals surface area (Å²) in [4.78, 5) is 26.3. The van der Waals surface area contributed by atoms with E-state index < -0.39 is 0 Å². The molecule has 2 aromatic rings. The second-order valence-corrected chi connectivity index (χ2v) is 6.33. The van der Waals surface area contributed by atoms with Crippen molar-refractivity contribution in [3.8, 4) is 5.75 Å². The van der Waals surface area contributed by atoms with Crippen molar-refractivity contribution in [2.24, 2.45) is 0 Å². The minimum absolute atomic E-state index is 0.00495. The lowest BCUT2D eigenvalue weighted by molar-refractivity contribution is -0.132. The van der Waals surface area contributed by atoms with Crippen LogP contribution in [0.1, 0.15) is 30.7 Å². The third-order valence-corrected chi connectivity index (χ3v) is 4.68. The normalized spacial score (nSPS) is 17.8. The topological polar surface area (TPSA) is 64.4 Å². The van der Waals surface area contributed by atoms with Crippen molar-refractivity contribution in [2.45, 2.75) is 31.7 Å². The maximum Gasteiger partial charge on any atom is 0.267 e. The number of benzene rings is 1. The van der Waals surface area contributed by atoms with Crippen molar-refractivity contribution < 1.29 is 9.53 Å². The molecule has 1 aliphatic heterocycles. The quantitative estimate of drug-likeness (QED) is 0.854. The Labute approximate surface area is 147 Å². The SMILES string of the molecule is COc1ccc(C2CCCCN(C(=O)Cn3ncccc3=O)C2)cc1. The second-order valence-electron chi connectivity index (χ2n) is 6.33. The molecule has 0 saturated carbocycles. The van der Waals surface area contributed by atoms with Gasteiger partial charge in [0.15, 0.2) is 0 Å². The fourth-order valence-electron chi connectivity index (χ4n) is 3.25. The molecule has 1 fully saturated rings. The van der Waals surface area contributed by atoms with Crippen LogP contribution in [0.25, 0.3) is 0 Å². The average Bonchev–Trinajstić information content (AvgIpc) is 2.90. The van der Waals surface area contributed by atoms with Crippen molar-refractivity contribution in [1.29, 1.82) is 0 Å². The third kappa shape index (κ3) is 4.26. The zero-order valence-corrected chi connectivity index (χ0v) is 14.4. The van der Waals surface area contributed by atoms with Crippen LogP contribution in [0, 0.1) is 0 Å². The molecule has 1 aromatic heterocycles. The van der Waals surface area contributed by atoms with Gasteiger partial charge in [-0.2, -0.15) is 5.10 Å². The molecule has 1 aromatic carbocycles. The van der Waals surface area contributed by atoms with E-state index >= 15 is 0 Å². The van der Waals surface area contributed by atoms with E-state index in [1.807, 2.05) is 17.0 Å². The molecule has 1 unspecified atom stereocenters. The highest BCUT2D eigenvalue weighted by Crippen LogP contribution is 2.28. The van der Waals surface area contributed by atoms with Gasteiger partial charge >= 0.3 is 0 Å². The number of hydrogen-bond acceptors (Lipinski definition) is 4. The van der Waals surface area contributed by atoms with Gasteiger partial charge in [-0.1, -0.05) is 18.6 Å². The zero-order valence-electron chi connectivity index (χ0n) is 14.4. The molecule has 3 rings (SSSR count). The lowest BCUT2D eigenvalue weighted by Crippen LogP contribution is -2.39. The molecular weight excluding hydrogens is 318 g/mol. The summed E-state index contributed by atoms with van der Waals surface area (Å²) in [5.74, 6) is 1.08. The van der Waals surface area contributed by atoms with E-state index in [9.17, 15) is 9.59 Å². The Kier molecular flexibility index (Phi) is 5.48. The maximum absolute atomic E-state index is 12.7. The molecule has 25 heavy (non-hydrogen) atoms. The summed E-state index contributed by atoms with van der Waals surface area (Å²) in [5.41, 5.74) is 0.966. The first-order valence-corrected chi connectivity index (χ1v) is 8.61. The maximum atomic E-state index is 12.7. The fraction of sp³-hybridized carbons (Fsp3) is 0.421. The van der Waals surface area contributed by atoms with Crippen molar-refractivity contribution in [2.75, 3.05) is 20.2 Å². The molecule has 2 heterocycles. The molecule has 6 heteroatoms. The Hall–Kier alpha value is -2.63. The van der Waals surface area contributed by atoms with Gasteiger partial charge in [-0.3, -0.25) is 9.59 Å². The molecular formula is C19H23N3O3. The number of hydrogen-bond donors (Lipinski definition) is 0. The van der Waals surface area contributed by atoms with Gasteiger partial charge in [-0.25, -0.2) is 4.68 Å². The Morgan fingerprint density at radius 2 is 2.04 bits per heavy atom. The summed E-state index contributed by atoms with van der Waals surface area (Å²) in [6, 6.07) is 11.1. The molecule has 0 N–H and O–H groups in total. The average molecular weight is 341 g/mol. The van der Waals surface area contributed by atoms with E-state index in [1.165, 1.54) is 22.5 Å². The molecule has 1 saturated heterocycles. The standard InChI is InChI=1S/C19H23N3O3/c1-25-17-9-7-15(8-10-17)16-5-2-3-12-21(13-16)19(24)14-22-18(23)6-4-11-20-22/h4,6-11,16H,2-3,5,12-14H2,1H3. The Balaban J connectivity index is 1.71. The van der Waals surface area contributed by atoms with Crippen LogP contribution in [0.5, 0.6) is 5.75 Å². The number of rotatable bonds is 4. The van der Waals surface area contributed by atoms with E-state index in [2.05, 4.69) is 17.2 Å². The molecule has 6 nitrogen and oxygen atoms in total. The van der Waals surface area contributed by atoms with Gasteiger partial charge in [0.1, 0.15) is 12.3 Å². The Bertz CT molecular complexity index is 770. The van der Waals surface area contributed by atoms with Gasteiger partial charge in [0.25, 0.3) is 5.56 Å². The first-order valence-electron chi connectivity index (χ1n) is 8.61. The number of ether oxygens (including phenoxy) is 1. The van der Waals surface area contributed by atoms with Crippen molar-refractivity contribution in [1.82, 2.24) is 14.7 Å². The number of nitrogens with zero attached hydrogens (tertiary/aromatic N) is 3. The van der Waals surface area contributed by atoms with Gasteiger partial charge in [0.2, 0.25) is 5.91 Å². The molecule has 0 radical (unpaired) electrons. The number of methoxy groups -OCH3 is 1. The monoisotopic (exact) mass is 341 g/mol. The Morgan fingerprint density at radius 1 is 1.24 bits per heavy atom. The number of likely N-dealkylation sites (tertiary alicyclic amines) is 1. The summed E-state index contributed by atoms with van der Waals surface area (Å²) in [7, 11) is 1.65. The highest BCUT2D eigenvalue weighted by Gasteiger charge is 2.23. The molecule has 132 valence electrons. The summed E-state index contributed by atoms with van der Waals surface area (Å²) in [6.45, 7) is 1.40. The minimum Gasteiger partial charge on any atom is -0.497 e. The number of aromatic nitrogens is 2. The van der Waals surface area contributed by atoms with E-state index in [0.717, 1.165) is 31.6 Å². The third-order valence-electron chi connectivity index (χ3n) is 4.68. The van der Waals surface area contributed by atoms with Crippen LogP contribution in [0.4, 0.5) is 0 Å². The predicted molar refractivity (Wildman–Crippen MR) is 94.7 cm³/mol. The highest BCUT2D eigenvalue weighted by atomic mass is 16.5. The van der Waals surface area contributed by atoms with Gasteiger partial charge in [-0.05, 0) is 36.6 Å². The summed E-state index contributed by atoms with van der Waals surface area (Å²) < 4.78 is 6.43. The second kappa shape index (κ2) is 7.96. The number of carbonyl (C=O) groups is 1. The van der Waals surface area contributed by atoms with Crippen LogP contribution in [0.2, 0.25) is 0 Å². The first-order chi connectivity index (χ1) is 12.2. The molecule has 1 atom stereocenters. The number of carbonyl (C=O) groups excluding carboxylic acids is 1. The molecule has 1 aliphatic rings. The van der Waals surface area contributed by atoms with E-state index in [0.29, 0.717) is 12.5 Å². The smallest absolute Gasteiger partial charge is 0.267 e. The summed E-state index contributed by atoms with van der Waals surface area (Å²) >= 11 is 0. The lowest BCUT2D eigenvalue weighted by atomic mass is 9.94. The van der Waals surface area contributed by atoms with E-state index in [1.54, 1.807) is 13.2 Å². The van der Waals surface area contributed by atoms with Crippen LogP contribution in [0.15, 0.2) is 47.4 Å². The van der Waals surface area contributed by atoms with Crippen molar-refractivity contribution >= 4 is 5.91 Å². The van der Waals surface area contributed by atoms with E-state index in [-0.39, 0.29) is 18.0 Å². The predicted octanol–water partition coefficient (Wildman–Crippen LogP) is 2.05. The van der Waals surface area contributed by atoms with Crippen LogP contribution in [-0.4, -0.2) is 40.8 Å². The van der Waals surface area contributed by atoms with Crippen molar-refractivity contribution in [3.63, 3.8) is 0 Å². The largest absolute Gasteiger partial charge is 0.497 e.